The van der Waals surface area contributed by atoms with Crippen molar-refractivity contribution in [1.82, 2.24) is 14.6 Å². The fraction of sp³-hybridized carbons (Fsp3) is 0.364. The Morgan fingerprint density at radius 2 is 2.06 bits per heavy atom. The Kier molecular flexibility index (Phi) is 2.38. The number of nitrogens with zero attached hydrogens (tertiary/aromatic N) is 3. The van der Waals surface area contributed by atoms with E-state index in [1.165, 1.54) is 7.11 Å². The van der Waals surface area contributed by atoms with Gasteiger partial charge in [-0.15, -0.1) is 0 Å². The number of carbonyl (C=O) groups excluding carboxylic acids is 1. The maximum atomic E-state index is 11.6. The molecule has 0 N–H and O–H groups in total. The van der Waals surface area contributed by atoms with E-state index >= 15 is 0 Å². The van der Waals surface area contributed by atoms with E-state index in [9.17, 15) is 4.79 Å². The van der Waals surface area contributed by atoms with Crippen LogP contribution in [0, 0.1) is 20.8 Å². The Hall–Kier alpha value is -1.91. The van der Waals surface area contributed by atoms with Gasteiger partial charge in [0.15, 0.2) is 5.65 Å². The first-order chi connectivity index (χ1) is 7.54. The van der Waals surface area contributed by atoms with Gasteiger partial charge in [0.25, 0.3) is 0 Å². The lowest BCUT2D eigenvalue weighted by Crippen LogP contribution is -2.04. The van der Waals surface area contributed by atoms with Crippen LogP contribution in [-0.4, -0.2) is 27.7 Å². The topological polar surface area (TPSA) is 56.5 Å². The highest BCUT2D eigenvalue weighted by Crippen LogP contribution is 2.16. The average Bonchev–Trinajstić information content (AvgIpc) is 2.54. The summed E-state index contributed by atoms with van der Waals surface area (Å²) in [5.74, 6) is -0.398. The van der Waals surface area contributed by atoms with Crippen molar-refractivity contribution in [3.63, 3.8) is 0 Å². The predicted octanol–water partition coefficient (Wildman–Crippen LogP) is 1.44. The summed E-state index contributed by atoms with van der Waals surface area (Å²) in [6.07, 6.45) is 0. The highest BCUT2D eigenvalue weighted by molar-refractivity contribution is 5.97. The second kappa shape index (κ2) is 3.59. The van der Waals surface area contributed by atoms with Crippen molar-refractivity contribution >= 4 is 11.6 Å². The third kappa shape index (κ3) is 1.44. The minimum absolute atomic E-state index is 0.398. The van der Waals surface area contributed by atoms with Crippen molar-refractivity contribution < 1.29 is 9.53 Å². The number of methoxy groups -OCH3 is 1. The summed E-state index contributed by atoms with van der Waals surface area (Å²) in [5.41, 5.74) is 3.43. The molecule has 0 saturated carbocycles. The Morgan fingerprint density at radius 1 is 1.38 bits per heavy atom. The molecular weight excluding hydrogens is 206 g/mol. The molecule has 2 heterocycles. The summed E-state index contributed by atoms with van der Waals surface area (Å²) in [5, 5.41) is 4.28. The van der Waals surface area contributed by atoms with Crippen LogP contribution in [0.1, 0.15) is 27.4 Å². The molecule has 0 amide bonds. The zero-order chi connectivity index (χ0) is 11.9. The van der Waals surface area contributed by atoms with E-state index in [1.54, 1.807) is 11.4 Å². The molecule has 16 heavy (non-hydrogen) atoms. The maximum Gasteiger partial charge on any atom is 0.343 e. The fourth-order valence-electron chi connectivity index (χ4n) is 1.77. The van der Waals surface area contributed by atoms with Crippen LogP contribution in [-0.2, 0) is 4.74 Å². The van der Waals surface area contributed by atoms with Crippen molar-refractivity contribution in [2.45, 2.75) is 20.8 Å². The molecule has 5 nitrogen and oxygen atoms in total. The van der Waals surface area contributed by atoms with Crippen LogP contribution in [0.25, 0.3) is 5.65 Å². The molecule has 0 aromatic carbocycles. The normalized spacial score (nSPS) is 10.8. The minimum Gasteiger partial charge on any atom is -0.465 e. The molecule has 84 valence electrons. The quantitative estimate of drug-likeness (QED) is 0.681. The van der Waals surface area contributed by atoms with Gasteiger partial charge in [-0.2, -0.15) is 5.10 Å². The molecule has 0 spiro atoms. The van der Waals surface area contributed by atoms with Crippen molar-refractivity contribution in [3.05, 3.63) is 28.7 Å². The van der Waals surface area contributed by atoms with Gasteiger partial charge in [-0.3, -0.25) is 0 Å². The molecule has 0 aliphatic carbocycles. The zero-order valence-corrected chi connectivity index (χ0v) is 9.74. The fourth-order valence-corrected chi connectivity index (χ4v) is 1.77. The largest absolute Gasteiger partial charge is 0.465 e. The van der Waals surface area contributed by atoms with Crippen molar-refractivity contribution in [3.8, 4) is 0 Å². The minimum atomic E-state index is -0.398. The molecule has 0 unspecified atom stereocenters. The van der Waals surface area contributed by atoms with Crippen LogP contribution in [0.3, 0.4) is 0 Å². The zero-order valence-electron chi connectivity index (χ0n) is 9.74. The van der Waals surface area contributed by atoms with Gasteiger partial charge >= 0.3 is 5.97 Å². The van der Waals surface area contributed by atoms with Crippen LogP contribution in [0.15, 0.2) is 6.07 Å². The number of hydrogen-bond donors (Lipinski definition) is 0. The summed E-state index contributed by atoms with van der Waals surface area (Å²) < 4.78 is 6.39. The lowest BCUT2D eigenvalue weighted by molar-refractivity contribution is 0.0602. The summed E-state index contributed by atoms with van der Waals surface area (Å²) in [4.78, 5) is 15.9. The standard InChI is InChI=1S/C11H13N3O2/c1-6-5-7(2)14-10(12-6)9(8(3)13-14)11(15)16-4/h5H,1-4H3. The molecule has 0 saturated heterocycles. The molecule has 2 aromatic heterocycles. The number of aromatic nitrogens is 3. The highest BCUT2D eigenvalue weighted by atomic mass is 16.5. The van der Waals surface area contributed by atoms with Gasteiger partial charge in [0.2, 0.25) is 0 Å². The van der Waals surface area contributed by atoms with Gasteiger partial charge < -0.3 is 4.74 Å². The molecule has 0 bridgehead atoms. The highest BCUT2D eigenvalue weighted by Gasteiger charge is 2.19. The van der Waals surface area contributed by atoms with Crippen LogP contribution in [0.5, 0.6) is 0 Å². The number of hydrogen-bond acceptors (Lipinski definition) is 4. The van der Waals surface area contributed by atoms with E-state index in [-0.39, 0.29) is 0 Å². The van der Waals surface area contributed by atoms with Gasteiger partial charge in [0.05, 0.1) is 12.8 Å². The van der Waals surface area contributed by atoms with Gasteiger partial charge in [-0.1, -0.05) is 0 Å². The molecule has 0 aliphatic heterocycles. The van der Waals surface area contributed by atoms with Gasteiger partial charge in [0, 0.05) is 11.4 Å². The molecule has 0 radical (unpaired) electrons. The van der Waals surface area contributed by atoms with Crippen molar-refractivity contribution in [2.24, 2.45) is 0 Å². The molecule has 2 aromatic rings. The number of rotatable bonds is 1. The second-order valence-corrected chi connectivity index (χ2v) is 3.73. The Bertz CT molecular complexity index is 572. The van der Waals surface area contributed by atoms with Gasteiger partial charge in [0.1, 0.15) is 5.56 Å². The SMILES string of the molecule is COC(=O)c1c(C)nn2c(C)cc(C)nc12. The van der Waals surface area contributed by atoms with Gasteiger partial charge in [-0.25, -0.2) is 14.3 Å². The Labute approximate surface area is 93.1 Å². The third-order valence-electron chi connectivity index (χ3n) is 2.46. The van der Waals surface area contributed by atoms with Gasteiger partial charge in [-0.05, 0) is 26.8 Å². The maximum absolute atomic E-state index is 11.6. The van der Waals surface area contributed by atoms with E-state index in [0.29, 0.717) is 16.9 Å². The molecular formula is C11H13N3O2. The van der Waals surface area contributed by atoms with E-state index in [4.69, 9.17) is 4.74 Å². The van der Waals surface area contributed by atoms with Crippen molar-refractivity contribution in [1.29, 1.82) is 0 Å². The first-order valence-electron chi connectivity index (χ1n) is 4.96. The number of ether oxygens (including phenoxy) is 1. The monoisotopic (exact) mass is 219 g/mol. The van der Waals surface area contributed by atoms with Crippen LogP contribution in [0.2, 0.25) is 0 Å². The summed E-state index contributed by atoms with van der Waals surface area (Å²) in [7, 11) is 1.36. The summed E-state index contributed by atoms with van der Waals surface area (Å²) in [6, 6.07) is 1.92. The average molecular weight is 219 g/mol. The van der Waals surface area contributed by atoms with Crippen LogP contribution in [0.4, 0.5) is 0 Å². The van der Waals surface area contributed by atoms with E-state index in [2.05, 4.69) is 10.1 Å². The Balaban J connectivity index is 2.83. The first kappa shape index (κ1) is 10.6. The van der Waals surface area contributed by atoms with Crippen LogP contribution < -0.4 is 0 Å². The molecule has 2 rings (SSSR count). The number of esters is 1. The number of carbonyl (C=O) groups is 1. The third-order valence-corrected chi connectivity index (χ3v) is 2.46. The summed E-state index contributed by atoms with van der Waals surface area (Å²) >= 11 is 0. The Morgan fingerprint density at radius 3 is 2.69 bits per heavy atom. The molecule has 5 heteroatoms. The van der Waals surface area contributed by atoms with E-state index < -0.39 is 5.97 Å². The number of fused-ring (bicyclic) bond motifs is 1. The predicted molar refractivity (Wildman–Crippen MR) is 58.5 cm³/mol. The van der Waals surface area contributed by atoms with Crippen LogP contribution >= 0.6 is 0 Å². The summed E-state index contributed by atoms with van der Waals surface area (Å²) in [6.45, 7) is 5.58. The second-order valence-electron chi connectivity index (χ2n) is 3.73. The van der Waals surface area contributed by atoms with E-state index in [0.717, 1.165) is 11.4 Å². The lowest BCUT2D eigenvalue weighted by Gasteiger charge is -2.01. The van der Waals surface area contributed by atoms with Crippen molar-refractivity contribution in [2.75, 3.05) is 7.11 Å². The smallest absolute Gasteiger partial charge is 0.343 e. The molecule has 0 aliphatic rings. The number of aryl methyl sites for hydroxylation is 3. The lowest BCUT2D eigenvalue weighted by atomic mass is 10.2. The molecule has 0 atom stereocenters. The molecule has 0 fully saturated rings. The first-order valence-corrected chi connectivity index (χ1v) is 4.96. The van der Waals surface area contributed by atoms with E-state index in [1.807, 2.05) is 19.9 Å².